The molecule has 0 aliphatic carbocycles. The van der Waals surface area contributed by atoms with E-state index in [1.54, 1.807) is 6.07 Å². The lowest BCUT2D eigenvalue weighted by molar-refractivity contribution is 0.167. The van der Waals surface area contributed by atoms with Crippen molar-refractivity contribution in [1.82, 2.24) is 14.7 Å². The van der Waals surface area contributed by atoms with E-state index in [9.17, 15) is 17.6 Å². The molecule has 2 aromatic carbocycles. The lowest BCUT2D eigenvalue weighted by Gasteiger charge is -2.14. The summed E-state index contributed by atoms with van der Waals surface area (Å²) in [5.74, 6) is -0.690. The van der Waals surface area contributed by atoms with E-state index in [1.807, 2.05) is 0 Å². The highest BCUT2D eigenvalue weighted by atomic mass is 35.5. The minimum absolute atomic E-state index is 0.00389. The van der Waals surface area contributed by atoms with Crippen molar-refractivity contribution in [2.45, 2.75) is 4.90 Å². The van der Waals surface area contributed by atoms with Crippen molar-refractivity contribution in [1.29, 1.82) is 0 Å². The summed E-state index contributed by atoms with van der Waals surface area (Å²) in [6, 6.07) is 12.5. The van der Waals surface area contributed by atoms with Crippen LogP contribution in [0.4, 0.5) is 16.0 Å². The summed E-state index contributed by atoms with van der Waals surface area (Å²) in [5, 5.41) is 8.44. The van der Waals surface area contributed by atoms with Crippen molar-refractivity contribution in [3.05, 3.63) is 75.8 Å². The van der Waals surface area contributed by atoms with Gasteiger partial charge in [-0.3, -0.25) is 4.79 Å². The molecule has 12 heteroatoms. The second-order valence-electron chi connectivity index (χ2n) is 6.58. The van der Waals surface area contributed by atoms with Gasteiger partial charge in [0.2, 0.25) is 16.0 Å². The SMILES string of the molecule is COn1c(=O)ccc2c(-c3c(F)cccc3Cl)nc(Nc3cccc(S(N)(=O)=O)c3)nc21. The van der Waals surface area contributed by atoms with Crippen LogP contribution in [0.3, 0.4) is 0 Å². The standard InChI is InChI=1S/C20H15ClFN5O4S/c1-31-27-16(28)9-8-13-18(17-14(21)6-3-7-15(17)22)25-20(26-19(13)27)24-11-4-2-5-12(10-11)32(23,29)30/h2-10H,1H3,(H2,23,29,30)(H,24,25,26). The molecule has 0 aliphatic rings. The Kier molecular flexibility index (Phi) is 5.55. The third-order valence-electron chi connectivity index (χ3n) is 4.51. The third kappa shape index (κ3) is 4.00. The second-order valence-corrected chi connectivity index (χ2v) is 8.54. The molecule has 0 unspecified atom stereocenters. The van der Waals surface area contributed by atoms with Gasteiger partial charge in [-0.25, -0.2) is 22.9 Å². The van der Waals surface area contributed by atoms with Crippen molar-refractivity contribution in [3.8, 4) is 11.3 Å². The van der Waals surface area contributed by atoms with Crippen LogP contribution in [0.5, 0.6) is 0 Å². The monoisotopic (exact) mass is 475 g/mol. The molecule has 0 radical (unpaired) electrons. The Bertz CT molecular complexity index is 1500. The van der Waals surface area contributed by atoms with Gasteiger partial charge in [0.05, 0.1) is 21.2 Å². The van der Waals surface area contributed by atoms with E-state index in [0.29, 0.717) is 11.1 Å². The lowest BCUT2D eigenvalue weighted by atomic mass is 10.1. The van der Waals surface area contributed by atoms with Crippen molar-refractivity contribution < 1.29 is 17.6 Å². The van der Waals surface area contributed by atoms with Gasteiger partial charge >= 0.3 is 0 Å². The molecule has 0 spiro atoms. The number of halogens is 2. The first-order chi connectivity index (χ1) is 15.2. The first-order valence-corrected chi connectivity index (χ1v) is 10.9. The molecule has 4 rings (SSSR count). The summed E-state index contributed by atoms with van der Waals surface area (Å²) >= 11 is 6.25. The molecule has 0 saturated heterocycles. The highest BCUT2D eigenvalue weighted by Gasteiger charge is 2.19. The van der Waals surface area contributed by atoms with Crippen LogP contribution < -0.4 is 20.9 Å². The molecule has 0 amide bonds. The van der Waals surface area contributed by atoms with Crippen LogP contribution in [-0.4, -0.2) is 30.2 Å². The predicted molar refractivity (Wildman–Crippen MR) is 118 cm³/mol. The van der Waals surface area contributed by atoms with Crippen molar-refractivity contribution in [2.75, 3.05) is 12.4 Å². The number of sulfonamides is 1. The fourth-order valence-electron chi connectivity index (χ4n) is 3.12. The van der Waals surface area contributed by atoms with Gasteiger partial charge in [0.25, 0.3) is 5.56 Å². The Balaban J connectivity index is 1.98. The fraction of sp³-hybridized carbons (Fsp3) is 0.0500. The average Bonchev–Trinajstić information content (AvgIpc) is 2.73. The largest absolute Gasteiger partial charge is 0.412 e. The van der Waals surface area contributed by atoms with E-state index < -0.39 is 21.4 Å². The highest BCUT2D eigenvalue weighted by molar-refractivity contribution is 7.89. The number of pyridine rings is 1. The number of benzene rings is 2. The molecule has 32 heavy (non-hydrogen) atoms. The molecule has 2 heterocycles. The Morgan fingerprint density at radius 2 is 1.88 bits per heavy atom. The maximum absolute atomic E-state index is 14.7. The van der Waals surface area contributed by atoms with E-state index in [2.05, 4.69) is 15.3 Å². The zero-order valence-electron chi connectivity index (χ0n) is 16.4. The van der Waals surface area contributed by atoms with E-state index in [4.69, 9.17) is 21.6 Å². The Hall–Kier alpha value is -3.54. The number of hydrogen-bond acceptors (Lipinski definition) is 7. The van der Waals surface area contributed by atoms with Gasteiger partial charge in [0, 0.05) is 17.1 Å². The van der Waals surface area contributed by atoms with Crippen LogP contribution in [0, 0.1) is 5.82 Å². The Morgan fingerprint density at radius 1 is 1.12 bits per heavy atom. The summed E-state index contributed by atoms with van der Waals surface area (Å²) in [6.45, 7) is 0. The van der Waals surface area contributed by atoms with Gasteiger partial charge in [-0.2, -0.15) is 4.98 Å². The molecule has 2 aromatic heterocycles. The topological polar surface area (TPSA) is 129 Å². The van der Waals surface area contributed by atoms with E-state index in [0.717, 1.165) is 4.73 Å². The average molecular weight is 476 g/mol. The quantitative estimate of drug-likeness (QED) is 0.454. The number of rotatable bonds is 5. The number of nitrogens with zero attached hydrogens (tertiary/aromatic N) is 3. The number of primary sulfonamides is 1. The molecule has 4 aromatic rings. The molecule has 0 fully saturated rings. The summed E-state index contributed by atoms with van der Waals surface area (Å²) in [5.41, 5.74) is -0.0530. The van der Waals surface area contributed by atoms with E-state index in [1.165, 1.54) is 55.6 Å². The molecule has 0 atom stereocenters. The first kappa shape index (κ1) is 21.7. The summed E-state index contributed by atoms with van der Waals surface area (Å²) in [7, 11) is -2.67. The highest BCUT2D eigenvalue weighted by Crippen LogP contribution is 2.34. The number of aromatic nitrogens is 3. The molecule has 9 nitrogen and oxygen atoms in total. The molecular weight excluding hydrogens is 461 g/mol. The minimum Gasteiger partial charge on any atom is -0.412 e. The van der Waals surface area contributed by atoms with Crippen LogP contribution in [0.1, 0.15) is 0 Å². The summed E-state index contributed by atoms with van der Waals surface area (Å²) in [6.07, 6.45) is 0. The van der Waals surface area contributed by atoms with Crippen LogP contribution in [0.15, 0.2) is 64.3 Å². The van der Waals surface area contributed by atoms with E-state index in [-0.39, 0.29) is 32.8 Å². The number of nitrogens with one attached hydrogen (secondary N) is 1. The number of anilines is 2. The van der Waals surface area contributed by atoms with Gasteiger partial charge in [-0.1, -0.05) is 23.7 Å². The van der Waals surface area contributed by atoms with Crippen LogP contribution in [0.2, 0.25) is 5.02 Å². The van der Waals surface area contributed by atoms with Gasteiger partial charge in [0.1, 0.15) is 12.9 Å². The summed E-state index contributed by atoms with van der Waals surface area (Å²) in [4.78, 5) is 26.0. The Labute approximate surface area is 186 Å². The Morgan fingerprint density at radius 3 is 2.56 bits per heavy atom. The molecule has 3 N–H and O–H groups in total. The van der Waals surface area contributed by atoms with Crippen molar-refractivity contribution in [2.24, 2.45) is 5.14 Å². The smallest absolute Gasteiger partial charge is 0.285 e. The van der Waals surface area contributed by atoms with Gasteiger partial charge in [0.15, 0.2) is 5.65 Å². The fourth-order valence-corrected chi connectivity index (χ4v) is 3.93. The number of fused-ring (bicyclic) bond motifs is 1. The zero-order chi connectivity index (χ0) is 23.0. The van der Waals surface area contributed by atoms with Gasteiger partial charge in [-0.15, -0.1) is 4.73 Å². The molecular formula is C20H15ClFN5O4S. The number of nitrogens with two attached hydrogens (primary N) is 1. The summed E-state index contributed by atoms with van der Waals surface area (Å²) < 4.78 is 39.0. The molecule has 164 valence electrons. The maximum atomic E-state index is 14.7. The molecule has 0 saturated carbocycles. The van der Waals surface area contributed by atoms with Crippen LogP contribution in [-0.2, 0) is 10.0 Å². The van der Waals surface area contributed by atoms with Crippen LogP contribution >= 0.6 is 11.6 Å². The van der Waals surface area contributed by atoms with Gasteiger partial charge in [-0.05, 0) is 36.4 Å². The second kappa shape index (κ2) is 8.19. The maximum Gasteiger partial charge on any atom is 0.285 e. The minimum atomic E-state index is -3.94. The zero-order valence-corrected chi connectivity index (χ0v) is 18.0. The molecule has 0 aliphatic heterocycles. The van der Waals surface area contributed by atoms with Crippen molar-refractivity contribution >= 4 is 44.3 Å². The third-order valence-corrected chi connectivity index (χ3v) is 5.74. The molecule has 0 bridgehead atoms. The lowest BCUT2D eigenvalue weighted by Crippen LogP contribution is -2.25. The van der Waals surface area contributed by atoms with Crippen LogP contribution in [0.25, 0.3) is 22.3 Å². The van der Waals surface area contributed by atoms with Gasteiger partial charge < -0.3 is 10.2 Å². The predicted octanol–water partition coefficient (Wildman–Crippen LogP) is 2.70. The van der Waals surface area contributed by atoms with Crippen molar-refractivity contribution in [3.63, 3.8) is 0 Å². The first-order valence-electron chi connectivity index (χ1n) is 9.01. The van der Waals surface area contributed by atoms with E-state index >= 15 is 0 Å². The number of hydrogen-bond donors (Lipinski definition) is 2. The normalized spacial score (nSPS) is 11.5.